The molecule has 2 aromatic rings. The predicted octanol–water partition coefficient (Wildman–Crippen LogP) is 2.33. The Kier molecular flexibility index (Phi) is 3.93. The molecular weight excluding hydrogens is 266 g/mol. The molecule has 1 aromatic carbocycles. The summed E-state index contributed by atoms with van der Waals surface area (Å²) >= 11 is 0. The largest absolute Gasteiger partial charge is 0.324 e. The number of amides is 1. The van der Waals surface area contributed by atoms with E-state index in [1.807, 2.05) is 0 Å². The van der Waals surface area contributed by atoms with Gasteiger partial charge in [0.25, 0.3) is 5.56 Å². The maximum absolute atomic E-state index is 13.1. The fourth-order valence-electron chi connectivity index (χ4n) is 1.69. The summed E-state index contributed by atoms with van der Waals surface area (Å²) in [5.41, 5.74) is -0.0825. The number of carbonyl (C=O) groups excluding carboxylic acids is 1. The minimum absolute atomic E-state index is 0.396. The topological polar surface area (TPSA) is 51.1 Å². The number of halogens is 2. The molecule has 0 aliphatic rings. The lowest BCUT2D eigenvalue weighted by Crippen LogP contribution is -2.31. The van der Waals surface area contributed by atoms with Crippen molar-refractivity contribution in [1.82, 2.24) is 4.57 Å². The van der Waals surface area contributed by atoms with E-state index in [9.17, 15) is 18.4 Å². The first-order valence-electron chi connectivity index (χ1n) is 5.91. The molecule has 0 saturated carbocycles. The highest BCUT2D eigenvalue weighted by Crippen LogP contribution is 2.12. The van der Waals surface area contributed by atoms with Crippen molar-refractivity contribution in [3.8, 4) is 0 Å². The Morgan fingerprint density at radius 3 is 2.35 bits per heavy atom. The minimum Gasteiger partial charge on any atom is -0.324 e. The Balaban J connectivity index is 2.18. The summed E-state index contributed by atoms with van der Waals surface area (Å²) in [6.07, 6.45) is 0.969. The summed E-state index contributed by atoms with van der Waals surface area (Å²) in [4.78, 5) is 23.6. The van der Waals surface area contributed by atoms with Crippen molar-refractivity contribution in [2.45, 2.75) is 13.0 Å². The van der Waals surface area contributed by atoms with Gasteiger partial charge in [0.05, 0.1) is 0 Å². The predicted molar refractivity (Wildman–Crippen MR) is 70.4 cm³/mol. The zero-order valence-electron chi connectivity index (χ0n) is 10.6. The van der Waals surface area contributed by atoms with Crippen LogP contribution in [0.25, 0.3) is 0 Å². The molecule has 0 aliphatic carbocycles. The van der Waals surface area contributed by atoms with Gasteiger partial charge in [-0.15, -0.1) is 0 Å². The number of hydrogen-bond donors (Lipinski definition) is 1. The number of anilines is 1. The number of nitrogens with zero attached hydrogens (tertiary/aromatic N) is 1. The first-order valence-corrected chi connectivity index (χ1v) is 5.91. The van der Waals surface area contributed by atoms with Gasteiger partial charge in [0, 0.05) is 18.0 Å². The van der Waals surface area contributed by atoms with Gasteiger partial charge in [0.2, 0.25) is 5.91 Å². The molecule has 1 N–H and O–H groups in total. The fraction of sp³-hybridized carbons (Fsp3) is 0.143. The van der Waals surface area contributed by atoms with E-state index in [1.54, 1.807) is 0 Å². The van der Waals surface area contributed by atoms with Gasteiger partial charge in [-0.05, 0) is 37.3 Å². The van der Waals surface area contributed by atoms with E-state index in [-0.39, 0.29) is 0 Å². The van der Waals surface area contributed by atoms with Crippen molar-refractivity contribution in [3.63, 3.8) is 0 Å². The van der Waals surface area contributed by atoms with Gasteiger partial charge >= 0.3 is 0 Å². The lowest BCUT2D eigenvalue weighted by molar-refractivity contribution is -0.118. The quantitative estimate of drug-likeness (QED) is 0.936. The molecule has 0 aliphatic heterocycles. The molecule has 1 unspecified atom stereocenters. The van der Waals surface area contributed by atoms with Crippen LogP contribution in [-0.4, -0.2) is 10.5 Å². The van der Waals surface area contributed by atoms with Crippen molar-refractivity contribution < 1.29 is 13.6 Å². The first kappa shape index (κ1) is 13.9. The number of benzene rings is 1. The van der Waals surface area contributed by atoms with Gasteiger partial charge < -0.3 is 9.88 Å². The standard InChI is InChI=1S/C14H12F2N2O2/c1-9(18-8-11(16)4-7-13(18)19)14(20)17-12-5-2-10(15)3-6-12/h2-9H,1H3,(H,17,20). The van der Waals surface area contributed by atoms with Crippen molar-refractivity contribution in [3.05, 3.63) is 64.6 Å². The summed E-state index contributed by atoms with van der Waals surface area (Å²) < 4.78 is 26.8. The van der Waals surface area contributed by atoms with Crippen LogP contribution in [0.2, 0.25) is 0 Å². The van der Waals surface area contributed by atoms with E-state index < -0.39 is 29.1 Å². The molecule has 104 valence electrons. The maximum atomic E-state index is 13.1. The molecule has 0 fully saturated rings. The Hall–Kier alpha value is -2.50. The fourth-order valence-corrected chi connectivity index (χ4v) is 1.69. The average Bonchev–Trinajstić information content (AvgIpc) is 2.43. The van der Waals surface area contributed by atoms with Crippen molar-refractivity contribution in [2.24, 2.45) is 0 Å². The molecule has 1 aromatic heterocycles. The van der Waals surface area contributed by atoms with Crippen LogP contribution < -0.4 is 10.9 Å². The Bertz CT molecular complexity index is 680. The van der Waals surface area contributed by atoms with Gasteiger partial charge in [0.15, 0.2) is 0 Å². The van der Waals surface area contributed by atoms with Crippen LogP contribution >= 0.6 is 0 Å². The zero-order chi connectivity index (χ0) is 14.7. The summed E-state index contributed by atoms with van der Waals surface area (Å²) in [7, 11) is 0. The van der Waals surface area contributed by atoms with Crippen LogP contribution in [-0.2, 0) is 4.79 Å². The SMILES string of the molecule is CC(C(=O)Nc1ccc(F)cc1)n1cc(F)ccc1=O. The molecule has 1 amide bonds. The van der Waals surface area contributed by atoms with Gasteiger partial charge in [-0.25, -0.2) is 8.78 Å². The van der Waals surface area contributed by atoms with Gasteiger partial charge in [-0.2, -0.15) is 0 Å². The second kappa shape index (κ2) is 5.64. The number of rotatable bonds is 3. The average molecular weight is 278 g/mol. The monoisotopic (exact) mass is 278 g/mol. The van der Waals surface area contributed by atoms with Crippen molar-refractivity contribution in [1.29, 1.82) is 0 Å². The van der Waals surface area contributed by atoms with Crippen LogP contribution in [0.3, 0.4) is 0 Å². The summed E-state index contributed by atoms with van der Waals surface area (Å²) in [6, 6.07) is 6.40. The van der Waals surface area contributed by atoms with Crippen LogP contribution in [0.5, 0.6) is 0 Å². The Labute approximate surface area is 113 Å². The second-order valence-electron chi connectivity index (χ2n) is 4.26. The Morgan fingerprint density at radius 2 is 1.70 bits per heavy atom. The third kappa shape index (κ3) is 3.09. The van der Waals surface area contributed by atoms with E-state index in [1.165, 1.54) is 31.2 Å². The second-order valence-corrected chi connectivity index (χ2v) is 4.26. The number of aromatic nitrogens is 1. The van der Waals surface area contributed by atoms with Gasteiger partial charge in [0.1, 0.15) is 17.7 Å². The first-order chi connectivity index (χ1) is 9.47. The number of nitrogens with one attached hydrogen (secondary N) is 1. The molecule has 0 bridgehead atoms. The Morgan fingerprint density at radius 1 is 1.10 bits per heavy atom. The van der Waals surface area contributed by atoms with Gasteiger partial charge in [-0.3, -0.25) is 9.59 Å². The molecular formula is C14H12F2N2O2. The molecule has 0 saturated heterocycles. The highest BCUT2D eigenvalue weighted by Gasteiger charge is 2.16. The molecule has 4 nitrogen and oxygen atoms in total. The van der Waals surface area contributed by atoms with Crippen molar-refractivity contribution >= 4 is 11.6 Å². The third-order valence-corrected chi connectivity index (χ3v) is 2.81. The summed E-state index contributed by atoms with van der Waals surface area (Å²) in [5, 5.41) is 2.53. The van der Waals surface area contributed by atoms with Crippen LogP contribution in [0.15, 0.2) is 47.4 Å². The maximum Gasteiger partial charge on any atom is 0.251 e. The zero-order valence-corrected chi connectivity index (χ0v) is 10.6. The highest BCUT2D eigenvalue weighted by atomic mass is 19.1. The third-order valence-electron chi connectivity index (χ3n) is 2.81. The molecule has 6 heteroatoms. The van der Waals surface area contributed by atoms with E-state index in [2.05, 4.69) is 5.32 Å². The normalized spacial score (nSPS) is 11.9. The minimum atomic E-state index is -0.886. The van der Waals surface area contributed by atoms with Crippen LogP contribution in [0.4, 0.5) is 14.5 Å². The number of pyridine rings is 1. The van der Waals surface area contributed by atoms with E-state index in [0.717, 1.165) is 22.9 Å². The lowest BCUT2D eigenvalue weighted by atomic mass is 10.2. The molecule has 1 atom stereocenters. The van der Waals surface area contributed by atoms with Crippen molar-refractivity contribution in [2.75, 3.05) is 5.32 Å². The van der Waals surface area contributed by atoms with E-state index >= 15 is 0 Å². The smallest absolute Gasteiger partial charge is 0.251 e. The molecule has 0 spiro atoms. The summed E-state index contributed by atoms with van der Waals surface area (Å²) in [6.45, 7) is 1.47. The number of hydrogen-bond acceptors (Lipinski definition) is 2. The van der Waals surface area contributed by atoms with Crippen LogP contribution in [0, 0.1) is 11.6 Å². The molecule has 2 rings (SSSR count). The summed E-state index contributed by atoms with van der Waals surface area (Å²) in [5.74, 6) is -1.52. The highest BCUT2D eigenvalue weighted by molar-refractivity contribution is 5.93. The van der Waals surface area contributed by atoms with Gasteiger partial charge in [-0.1, -0.05) is 0 Å². The van der Waals surface area contributed by atoms with E-state index in [4.69, 9.17) is 0 Å². The lowest BCUT2D eigenvalue weighted by Gasteiger charge is -2.15. The van der Waals surface area contributed by atoms with Crippen LogP contribution in [0.1, 0.15) is 13.0 Å². The molecule has 0 radical (unpaired) electrons. The molecule has 1 heterocycles. The molecule has 20 heavy (non-hydrogen) atoms. The van der Waals surface area contributed by atoms with E-state index in [0.29, 0.717) is 5.69 Å². The number of carbonyl (C=O) groups is 1.